The van der Waals surface area contributed by atoms with Gasteiger partial charge in [0.15, 0.2) is 11.6 Å². The van der Waals surface area contributed by atoms with Crippen molar-refractivity contribution in [3.8, 4) is 22.8 Å². The first-order chi connectivity index (χ1) is 15.6. The molecule has 0 bridgehead atoms. The number of nitrogens with one attached hydrogen (secondary N) is 2. The molecule has 0 aliphatic heterocycles. The Hall–Kier alpha value is -4.32. The number of hydrogen-bond acceptors (Lipinski definition) is 4. The number of nitrogens with zero attached hydrogens (tertiary/aromatic N) is 3. The fraction of sp³-hybridized carbons (Fsp3) is 0.0769. The van der Waals surface area contributed by atoms with Crippen molar-refractivity contribution in [3.63, 3.8) is 0 Å². The van der Waals surface area contributed by atoms with E-state index < -0.39 is 0 Å². The molecule has 0 aliphatic carbocycles. The van der Waals surface area contributed by atoms with Crippen LogP contribution in [0.4, 0.5) is 5.69 Å². The molecule has 3 aromatic carbocycles. The number of fused-ring (bicyclic) bond motifs is 1. The average molecular weight is 419 g/mol. The zero-order valence-corrected chi connectivity index (χ0v) is 17.8. The molecule has 32 heavy (non-hydrogen) atoms. The van der Waals surface area contributed by atoms with Crippen LogP contribution in [0.25, 0.3) is 33.7 Å². The van der Waals surface area contributed by atoms with Crippen molar-refractivity contribution in [2.24, 2.45) is 0 Å². The van der Waals surface area contributed by atoms with E-state index in [9.17, 15) is 4.79 Å². The summed E-state index contributed by atoms with van der Waals surface area (Å²) in [5, 5.41) is 11.3. The van der Waals surface area contributed by atoms with Crippen LogP contribution < -0.4 is 5.32 Å². The first kappa shape index (κ1) is 19.6. The molecule has 0 radical (unpaired) electrons. The number of hydrogen-bond donors (Lipinski definition) is 2. The molecule has 2 aromatic heterocycles. The first-order valence-electron chi connectivity index (χ1n) is 10.3. The first-order valence-corrected chi connectivity index (χ1v) is 10.3. The van der Waals surface area contributed by atoms with Gasteiger partial charge in [-0.15, -0.1) is 0 Å². The summed E-state index contributed by atoms with van der Waals surface area (Å²) >= 11 is 0. The molecular formula is C26H21N5O. The van der Waals surface area contributed by atoms with E-state index in [1.165, 1.54) is 0 Å². The minimum absolute atomic E-state index is 0.214. The van der Waals surface area contributed by atoms with Crippen molar-refractivity contribution in [1.29, 1.82) is 0 Å². The van der Waals surface area contributed by atoms with Crippen LogP contribution >= 0.6 is 0 Å². The zero-order chi connectivity index (χ0) is 22.1. The van der Waals surface area contributed by atoms with Gasteiger partial charge in [0.2, 0.25) is 0 Å². The van der Waals surface area contributed by atoms with Gasteiger partial charge in [-0.3, -0.25) is 14.9 Å². The summed E-state index contributed by atoms with van der Waals surface area (Å²) in [5.41, 5.74) is 5.56. The molecule has 1 amide bonds. The molecular weight excluding hydrogens is 398 g/mol. The average Bonchev–Trinajstić information content (AvgIpc) is 3.30. The molecule has 0 fully saturated rings. The Bertz CT molecular complexity index is 1440. The van der Waals surface area contributed by atoms with Gasteiger partial charge in [0.1, 0.15) is 0 Å². The third-order valence-corrected chi connectivity index (χ3v) is 5.35. The van der Waals surface area contributed by atoms with Gasteiger partial charge in [0, 0.05) is 16.5 Å². The Morgan fingerprint density at radius 2 is 1.66 bits per heavy atom. The minimum atomic E-state index is -0.214. The molecule has 5 rings (SSSR count). The monoisotopic (exact) mass is 419 g/mol. The standard InChI is InChI=1S/C26H21N5O/c1-16-12-13-22-19(14-16)15-21(17(2)27-22)26(32)28-23-11-7-6-10-20(23)25-29-24(30-31-25)18-8-4-3-5-9-18/h3-15H,1-2H3,(H,28,32)(H,29,30,31). The maximum absolute atomic E-state index is 13.2. The number of pyridine rings is 1. The van der Waals surface area contributed by atoms with E-state index in [1.54, 1.807) is 0 Å². The van der Waals surface area contributed by atoms with Crippen LogP contribution in [0.1, 0.15) is 21.6 Å². The SMILES string of the molecule is Cc1ccc2nc(C)c(C(=O)Nc3ccccc3-c3nc(-c4ccccc4)n[nH]3)cc2c1. The summed E-state index contributed by atoms with van der Waals surface area (Å²) in [7, 11) is 0. The lowest BCUT2D eigenvalue weighted by atomic mass is 10.1. The van der Waals surface area contributed by atoms with E-state index in [0.29, 0.717) is 28.6 Å². The second kappa shape index (κ2) is 8.07. The Kier molecular flexibility index (Phi) is 4.95. The van der Waals surface area contributed by atoms with Crippen LogP contribution in [0.2, 0.25) is 0 Å². The number of aromatic nitrogens is 4. The number of carbonyl (C=O) groups excluding carboxylic acids is 1. The Morgan fingerprint density at radius 3 is 2.50 bits per heavy atom. The lowest BCUT2D eigenvalue weighted by Crippen LogP contribution is -2.15. The van der Waals surface area contributed by atoms with E-state index in [2.05, 4.69) is 25.5 Å². The largest absolute Gasteiger partial charge is 0.321 e. The number of H-pyrrole nitrogens is 1. The maximum Gasteiger partial charge on any atom is 0.257 e. The molecule has 0 spiro atoms. The third-order valence-electron chi connectivity index (χ3n) is 5.35. The van der Waals surface area contributed by atoms with Crippen LogP contribution in [0.15, 0.2) is 78.9 Å². The van der Waals surface area contributed by atoms with Crippen molar-refractivity contribution in [1.82, 2.24) is 20.2 Å². The fourth-order valence-electron chi connectivity index (χ4n) is 3.71. The van der Waals surface area contributed by atoms with Gasteiger partial charge >= 0.3 is 0 Å². The van der Waals surface area contributed by atoms with E-state index >= 15 is 0 Å². The van der Waals surface area contributed by atoms with E-state index in [0.717, 1.165) is 27.6 Å². The Morgan fingerprint density at radius 1 is 0.875 bits per heavy atom. The van der Waals surface area contributed by atoms with Gasteiger partial charge < -0.3 is 5.32 Å². The molecule has 2 N–H and O–H groups in total. The highest BCUT2D eigenvalue weighted by Crippen LogP contribution is 2.28. The molecule has 0 atom stereocenters. The highest BCUT2D eigenvalue weighted by Gasteiger charge is 2.16. The van der Waals surface area contributed by atoms with Crippen molar-refractivity contribution < 1.29 is 4.79 Å². The molecule has 0 saturated carbocycles. The number of rotatable bonds is 4. The number of benzene rings is 3. The summed E-state index contributed by atoms with van der Waals surface area (Å²) in [6.07, 6.45) is 0. The Balaban J connectivity index is 1.48. The summed E-state index contributed by atoms with van der Waals surface area (Å²) in [5.74, 6) is 0.976. The highest BCUT2D eigenvalue weighted by atomic mass is 16.1. The summed E-state index contributed by atoms with van der Waals surface area (Å²) in [6, 6.07) is 25.2. The van der Waals surface area contributed by atoms with Crippen molar-refractivity contribution in [3.05, 3.63) is 95.7 Å². The number of carbonyl (C=O) groups is 1. The van der Waals surface area contributed by atoms with Crippen LogP contribution in [0.5, 0.6) is 0 Å². The van der Waals surface area contributed by atoms with Crippen LogP contribution in [0, 0.1) is 13.8 Å². The van der Waals surface area contributed by atoms with Crippen LogP contribution in [-0.2, 0) is 0 Å². The van der Waals surface area contributed by atoms with Crippen LogP contribution in [-0.4, -0.2) is 26.1 Å². The van der Waals surface area contributed by atoms with Gasteiger partial charge in [-0.25, -0.2) is 4.98 Å². The number of para-hydroxylation sites is 1. The molecule has 6 nitrogen and oxygen atoms in total. The minimum Gasteiger partial charge on any atom is -0.321 e. The van der Waals surface area contributed by atoms with E-state index in [1.807, 2.05) is 92.7 Å². The van der Waals surface area contributed by atoms with Crippen LogP contribution in [0.3, 0.4) is 0 Å². The molecule has 0 saturated heterocycles. The summed E-state index contributed by atoms with van der Waals surface area (Å²) in [4.78, 5) is 22.4. The quantitative estimate of drug-likeness (QED) is 0.400. The lowest BCUT2D eigenvalue weighted by Gasteiger charge is -2.11. The topological polar surface area (TPSA) is 83.6 Å². The third kappa shape index (κ3) is 3.74. The molecule has 5 aromatic rings. The predicted molar refractivity (Wildman–Crippen MR) is 126 cm³/mol. The van der Waals surface area contributed by atoms with E-state index in [4.69, 9.17) is 0 Å². The number of amides is 1. The smallest absolute Gasteiger partial charge is 0.257 e. The van der Waals surface area contributed by atoms with Gasteiger partial charge in [0.25, 0.3) is 5.91 Å². The zero-order valence-electron chi connectivity index (χ0n) is 17.8. The Labute approximate surface area is 185 Å². The molecule has 6 heteroatoms. The predicted octanol–water partition coefficient (Wildman–Crippen LogP) is 5.56. The van der Waals surface area contributed by atoms with Gasteiger partial charge in [-0.2, -0.15) is 5.10 Å². The van der Waals surface area contributed by atoms with Gasteiger partial charge in [-0.1, -0.05) is 54.1 Å². The molecule has 0 aliphatic rings. The second-order valence-corrected chi connectivity index (χ2v) is 7.69. The van der Waals surface area contributed by atoms with Gasteiger partial charge in [-0.05, 0) is 44.2 Å². The van der Waals surface area contributed by atoms with Crippen molar-refractivity contribution in [2.75, 3.05) is 5.32 Å². The number of aryl methyl sites for hydroxylation is 2. The second-order valence-electron chi connectivity index (χ2n) is 7.69. The number of aromatic amines is 1. The molecule has 156 valence electrons. The fourth-order valence-corrected chi connectivity index (χ4v) is 3.71. The van der Waals surface area contributed by atoms with Gasteiger partial charge in [0.05, 0.1) is 22.5 Å². The van der Waals surface area contributed by atoms with E-state index in [-0.39, 0.29) is 5.91 Å². The molecule has 2 heterocycles. The summed E-state index contributed by atoms with van der Waals surface area (Å²) in [6.45, 7) is 3.87. The maximum atomic E-state index is 13.2. The van der Waals surface area contributed by atoms with Crippen molar-refractivity contribution in [2.45, 2.75) is 13.8 Å². The number of anilines is 1. The lowest BCUT2D eigenvalue weighted by molar-refractivity contribution is 0.102. The summed E-state index contributed by atoms with van der Waals surface area (Å²) < 4.78 is 0. The molecule has 0 unspecified atom stereocenters. The highest BCUT2D eigenvalue weighted by molar-refractivity contribution is 6.08. The van der Waals surface area contributed by atoms with Crippen molar-refractivity contribution >= 4 is 22.5 Å². The normalized spacial score (nSPS) is 10.9.